The Labute approximate surface area is 187 Å². The molecule has 0 aromatic heterocycles. The first-order chi connectivity index (χ1) is 15.1. The summed E-state index contributed by atoms with van der Waals surface area (Å²) in [6.45, 7) is 6.36. The van der Waals surface area contributed by atoms with E-state index in [4.69, 9.17) is 0 Å². The Morgan fingerprint density at radius 3 is 2.22 bits per heavy atom. The number of para-hydroxylation sites is 1. The molecule has 8 nitrogen and oxygen atoms in total. The van der Waals surface area contributed by atoms with E-state index < -0.39 is 20.6 Å². The van der Waals surface area contributed by atoms with Crippen LogP contribution in [0.3, 0.4) is 0 Å². The maximum absolute atomic E-state index is 12.6. The smallest absolute Gasteiger partial charge is 0.280 e. The number of nitrogens with one attached hydrogen (secondary N) is 2. The highest BCUT2D eigenvalue weighted by atomic mass is 32.2. The molecule has 0 bridgehead atoms. The number of rotatable bonds is 7. The van der Waals surface area contributed by atoms with Gasteiger partial charge >= 0.3 is 0 Å². The molecule has 0 heterocycles. The summed E-state index contributed by atoms with van der Waals surface area (Å²) >= 11 is 0. The van der Waals surface area contributed by atoms with Crippen LogP contribution in [0.5, 0.6) is 0 Å². The zero-order chi connectivity index (χ0) is 23.4. The minimum absolute atomic E-state index is 0.0337. The standard InChI is InChI=1S/C23H24N4O4S/c1-23(2,3)18-11-9-17(10-12-18)16-24-25-21-14-13-20(15-22(21)27(28)29)32(30,31)26-19-7-5-4-6-8-19/h4-16,25-26H,1-3H3/b24-16+. The van der Waals surface area contributed by atoms with Gasteiger partial charge in [0.05, 0.1) is 16.0 Å². The van der Waals surface area contributed by atoms with Crippen LogP contribution in [0.25, 0.3) is 0 Å². The van der Waals surface area contributed by atoms with E-state index in [2.05, 4.69) is 36.0 Å². The number of sulfonamides is 1. The van der Waals surface area contributed by atoms with Crippen molar-refractivity contribution in [3.63, 3.8) is 0 Å². The molecule has 0 aliphatic carbocycles. The largest absolute Gasteiger partial charge is 0.295 e. The third-order valence-electron chi connectivity index (χ3n) is 4.68. The van der Waals surface area contributed by atoms with Gasteiger partial charge in [-0.3, -0.25) is 20.3 Å². The van der Waals surface area contributed by atoms with Crippen molar-refractivity contribution in [3.05, 3.63) is 94.0 Å². The van der Waals surface area contributed by atoms with Crippen molar-refractivity contribution in [2.24, 2.45) is 5.10 Å². The highest BCUT2D eigenvalue weighted by molar-refractivity contribution is 7.92. The number of nitrogens with zero attached hydrogens (tertiary/aromatic N) is 2. The number of nitro groups is 1. The minimum Gasteiger partial charge on any atom is -0.280 e. The first kappa shape index (κ1) is 23.0. The lowest BCUT2D eigenvalue weighted by Crippen LogP contribution is -2.13. The lowest BCUT2D eigenvalue weighted by atomic mass is 9.87. The van der Waals surface area contributed by atoms with Gasteiger partial charge in [0.2, 0.25) is 0 Å². The predicted molar refractivity (Wildman–Crippen MR) is 127 cm³/mol. The molecule has 3 aromatic carbocycles. The van der Waals surface area contributed by atoms with E-state index in [1.807, 2.05) is 24.3 Å². The van der Waals surface area contributed by atoms with E-state index in [1.165, 1.54) is 23.9 Å². The van der Waals surface area contributed by atoms with Crippen molar-refractivity contribution in [1.82, 2.24) is 0 Å². The fourth-order valence-electron chi connectivity index (χ4n) is 2.89. The first-order valence-corrected chi connectivity index (χ1v) is 11.3. The molecule has 0 saturated carbocycles. The van der Waals surface area contributed by atoms with E-state index >= 15 is 0 Å². The Morgan fingerprint density at radius 2 is 1.62 bits per heavy atom. The summed E-state index contributed by atoms with van der Waals surface area (Å²) in [5.74, 6) is 0. The SMILES string of the molecule is CC(C)(C)c1ccc(/C=N/Nc2ccc(S(=O)(=O)Nc3ccccc3)cc2[N+](=O)[O-])cc1. The van der Waals surface area contributed by atoms with Gasteiger partial charge in [-0.15, -0.1) is 0 Å². The second-order valence-corrected chi connectivity index (χ2v) is 9.83. The Balaban J connectivity index is 1.79. The Hall–Kier alpha value is -3.72. The van der Waals surface area contributed by atoms with E-state index in [0.29, 0.717) is 5.69 Å². The van der Waals surface area contributed by atoms with Gasteiger partial charge in [-0.25, -0.2) is 8.42 Å². The van der Waals surface area contributed by atoms with Crippen LogP contribution >= 0.6 is 0 Å². The van der Waals surface area contributed by atoms with Crippen LogP contribution in [0.1, 0.15) is 31.9 Å². The predicted octanol–water partition coefficient (Wildman–Crippen LogP) is 5.14. The number of anilines is 2. The fourth-order valence-corrected chi connectivity index (χ4v) is 3.97. The number of hydrogen-bond donors (Lipinski definition) is 2. The molecule has 3 aromatic rings. The van der Waals surface area contributed by atoms with Gasteiger partial charge in [-0.2, -0.15) is 5.10 Å². The zero-order valence-corrected chi connectivity index (χ0v) is 18.8. The fraction of sp³-hybridized carbons (Fsp3) is 0.174. The Bertz CT molecular complexity index is 1230. The Kier molecular flexibility index (Phi) is 6.59. The molecule has 166 valence electrons. The van der Waals surface area contributed by atoms with Crippen LogP contribution in [-0.2, 0) is 15.4 Å². The molecule has 0 fully saturated rings. The lowest BCUT2D eigenvalue weighted by molar-refractivity contribution is -0.384. The van der Waals surface area contributed by atoms with Crippen molar-refractivity contribution in [3.8, 4) is 0 Å². The quantitative estimate of drug-likeness (QED) is 0.293. The van der Waals surface area contributed by atoms with Gasteiger partial charge < -0.3 is 0 Å². The second-order valence-electron chi connectivity index (χ2n) is 8.15. The minimum atomic E-state index is -3.99. The molecular formula is C23H24N4O4S. The summed E-state index contributed by atoms with van der Waals surface area (Å²) < 4.78 is 27.6. The van der Waals surface area contributed by atoms with Crippen molar-refractivity contribution >= 4 is 33.3 Å². The van der Waals surface area contributed by atoms with Gasteiger partial charge in [-0.1, -0.05) is 63.2 Å². The molecule has 0 atom stereocenters. The van der Waals surface area contributed by atoms with Crippen LogP contribution in [0.15, 0.2) is 82.8 Å². The molecule has 0 spiro atoms. The topological polar surface area (TPSA) is 114 Å². The average molecular weight is 453 g/mol. The molecule has 0 aliphatic heterocycles. The third-order valence-corrected chi connectivity index (χ3v) is 6.06. The molecule has 0 amide bonds. The summed E-state index contributed by atoms with van der Waals surface area (Å²) in [6, 6.07) is 19.7. The normalized spacial score (nSPS) is 12.0. The highest BCUT2D eigenvalue weighted by Gasteiger charge is 2.21. The molecule has 2 N–H and O–H groups in total. The molecule has 3 rings (SSSR count). The molecule has 0 aliphatic rings. The monoisotopic (exact) mass is 452 g/mol. The molecular weight excluding hydrogens is 428 g/mol. The van der Waals surface area contributed by atoms with Crippen molar-refractivity contribution < 1.29 is 13.3 Å². The number of hydrazone groups is 1. The van der Waals surface area contributed by atoms with Gasteiger partial charge in [0, 0.05) is 11.8 Å². The molecule has 0 saturated heterocycles. The van der Waals surface area contributed by atoms with E-state index in [9.17, 15) is 18.5 Å². The number of nitro benzene ring substituents is 1. The van der Waals surface area contributed by atoms with Crippen molar-refractivity contribution in [1.29, 1.82) is 0 Å². The molecule has 9 heteroatoms. The summed E-state index contributed by atoms with van der Waals surface area (Å²) in [5.41, 5.74) is 4.70. The van der Waals surface area contributed by atoms with Crippen molar-refractivity contribution in [2.45, 2.75) is 31.1 Å². The summed E-state index contributed by atoms with van der Waals surface area (Å²) in [5, 5.41) is 15.6. The van der Waals surface area contributed by atoms with Crippen LogP contribution in [0.2, 0.25) is 0 Å². The summed E-state index contributed by atoms with van der Waals surface area (Å²) in [6.07, 6.45) is 1.54. The zero-order valence-electron chi connectivity index (χ0n) is 17.9. The van der Waals surface area contributed by atoms with E-state index in [1.54, 1.807) is 30.3 Å². The van der Waals surface area contributed by atoms with Gasteiger partial charge in [0.1, 0.15) is 5.69 Å². The molecule has 0 unspecified atom stereocenters. The maximum Gasteiger partial charge on any atom is 0.295 e. The van der Waals surface area contributed by atoms with Gasteiger partial charge in [0.25, 0.3) is 15.7 Å². The van der Waals surface area contributed by atoms with Crippen molar-refractivity contribution in [2.75, 3.05) is 10.1 Å². The molecule has 0 radical (unpaired) electrons. The second kappa shape index (κ2) is 9.19. The summed E-state index contributed by atoms with van der Waals surface area (Å²) in [4.78, 5) is 10.6. The van der Waals surface area contributed by atoms with Gasteiger partial charge in [0.15, 0.2) is 0 Å². The first-order valence-electron chi connectivity index (χ1n) is 9.82. The lowest BCUT2D eigenvalue weighted by Gasteiger charge is -2.18. The third kappa shape index (κ3) is 5.70. The van der Waals surface area contributed by atoms with E-state index in [-0.39, 0.29) is 16.0 Å². The number of benzene rings is 3. The van der Waals surface area contributed by atoms with Crippen LogP contribution in [0.4, 0.5) is 17.1 Å². The number of hydrogen-bond acceptors (Lipinski definition) is 6. The van der Waals surface area contributed by atoms with E-state index in [0.717, 1.165) is 11.6 Å². The van der Waals surface area contributed by atoms with Crippen LogP contribution in [-0.4, -0.2) is 19.6 Å². The van der Waals surface area contributed by atoms with Crippen LogP contribution < -0.4 is 10.1 Å². The Morgan fingerprint density at radius 1 is 0.969 bits per heavy atom. The highest BCUT2D eigenvalue weighted by Crippen LogP contribution is 2.28. The van der Waals surface area contributed by atoms with Gasteiger partial charge in [-0.05, 0) is 40.8 Å². The molecule has 32 heavy (non-hydrogen) atoms. The maximum atomic E-state index is 12.6. The average Bonchev–Trinajstić information content (AvgIpc) is 2.74. The summed E-state index contributed by atoms with van der Waals surface area (Å²) in [7, 11) is -3.99. The van der Waals surface area contributed by atoms with Crippen LogP contribution in [0, 0.1) is 10.1 Å².